The van der Waals surface area contributed by atoms with Crippen LogP contribution < -0.4 is 10.6 Å². The smallest absolute Gasteiger partial charge is 0.411 e. The monoisotopic (exact) mass is 314 g/mol. The molecule has 0 heterocycles. The van der Waals surface area contributed by atoms with Gasteiger partial charge in [-0.15, -0.1) is 0 Å². The number of sulfone groups is 1. The summed E-state index contributed by atoms with van der Waals surface area (Å²) in [4.78, 5) is 11.2. The van der Waals surface area contributed by atoms with E-state index in [0.29, 0.717) is 12.3 Å². The minimum absolute atomic E-state index is 0.0896. The summed E-state index contributed by atoms with van der Waals surface area (Å²) in [6.45, 7) is 5.50. The predicted molar refractivity (Wildman–Crippen MR) is 84.5 cm³/mol. The van der Waals surface area contributed by atoms with Gasteiger partial charge in [-0.05, 0) is 38.1 Å². The Morgan fingerprint density at radius 1 is 1.19 bits per heavy atom. The van der Waals surface area contributed by atoms with Crippen LogP contribution >= 0.6 is 0 Å². The maximum atomic E-state index is 11.5. The van der Waals surface area contributed by atoms with Crippen molar-refractivity contribution in [2.24, 2.45) is 0 Å². The van der Waals surface area contributed by atoms with Gasteiger partial charge in [0.15, 0.2) is 9.84 Å². The minimum atomic E-state index is -3.01. The number of ether oxygens (including phenoxy) is 1. The van der Waals surface area contributed by atoms with Crippen LogP contribution in [0.4, 0.5) is 16.2 Å². The number of nitrogens with one attached hydrogen (secondary N) is 2. The third-order valence-electron chi connectivity index (χ3n) is 2.76. The number of amides is 1. The lowest BCUT2D eigenvalue weighted by Gasteiger charge is -2.15. The van der Waals surface area contributed by atoms with Crippen molar-refractivity contribution in [1.82, 2.24) is 0 Å². The van der Waals surface area contributed by atoms with Crippen LogP contribution in [0.3, 0.4) is 0 Å². The molecule has 0 saturated heterocycles. The Hall–Kier alpha value is -1.76. The van der Waals surface area contributed by atoms with E-state index in [1.807, 2.05) is 6.92 Å². The van der Waals surface area contributed by atoms with Crippen molar-refractivity contribution in [3.8, 4) is 0 Å². The van der Waals surface area contributed by atoms with Crippen molar-refractivity contribution < 1.29 is 17.9 Å². The highest BCUT2D eigenvalue weighted by molar-refractivity contribution is 7.91. The molecule has 1 aromatic rings. The van der Waals surface area contributed by atoms with Crippen LogP contribution in [0.25, 0.3) is 0 Å². The second kappa shape index (κ2) is 7.87. The molecule has 0 bridgehead atoms. The summed E-state index contributed by atoms with van der Waals surface area (Å²) < 4.78 is 27.8. The summed E-state index contributed by atoms with van der Waals surface area (Å²) in [5.74, 6) is 0.230. The van der Waals surface area contributed by atoms with Crippen LogP contribution in [0.1, 0.15) is 20.8 Å². The van der Waals surface area contributed by atoms with Crippen molar-refractivity contribution in [2.45, 2.75) is 26.8 Å². The largest absolute Gasteiger partial charge is 0.450 e. The molecule has 0 fully saturated rings. The first-order chi connectivity index (χ1) is 9.86. The molecular weight excluding hydrogens is 292 g/mol. The summed E-state index contributed by atoms with van der Waals surface area (Å²) in [5, 5.41) is 5.70. The van der Waals surface area contributed by atoms with Gasteiger partial charge in [-0.3, -0.25) is 5.32 Å². The Kier molecular flexibility index (Phi) is 6.48. The Morgan fingerprint density at radius 2 is 1.76 bits per heavy atom. The molecule has 7 heteroatoms. The molecule has 1 aromatic carbocycles. The summed E-state index contributed by atoms with van der Waals surface area (Å²) in [5.41, 5.74) is 1.41. The van der Waals surface area contributed by atoms with Crippen LogP contribution in [0.2, 0.25) is 0 Å². The third-order valence-corrected chi connectivity index (χ3v) is 4.65. The second-order valence-electron chi connectivity index (χ2n) is 4.67. The molecule has 0 radical (unpaired) electrons. The summed E-state index contributed by atoms with van der Waals surface area (Å²) >= 11 is 0. The van der Waals surface area contributed by atoms with Crippen molar-refractivity contribution in [3.05, 3.63) is 24.3 Å². The fourth-order valence-corrected chi connectivity index (χ4v) is 2.84. The van der Waals surface area contributed by atoms with Crippen LogP contribution in [0.5, 0.6) is 0 Å². The number of rotatable bonds is 7. The fraction of sp³-hybridized carbons (Fsp3) is 0.500. The highest BCUT2D eigenvalue weighted by atomic mass is 32.2. The zero-order valence-electron chi connectivity index (χ0n) is 12.5. The highest BCUT2D eigenvalue weighted by Crippen LogP contribution is 2.15. The lowest BCUT2D eigenvalue weighted by atomic mass is 10.2. The van der Waals surface area contributed by atoms with Crippen LogP contribution in [-0.4, -0.2) is 38.7 Å². The number of hydrogen-bond donors (Lipinski definition) is 2. The number of benzene rings is 1. The molecule has 1 amide bonds. The Balaban J connectivity index is 2.56. The first-order valence-corrected chi connectivity index (χ1v) is 8.69. The van der Waals surface area contributed by atoms with E-state index in [2.05, 4.69) is 10.6 Å². The molecule has 0 aliphatic rings. The van der Waals surface area contributed by atoms with Gasteiger partial charge in [0.25, 0.3) is 0 Å². The van der Waals surface area contributed by atoms with Crippen molar-refractivity contribution in [1.29, 1.82) is 0 Å². The van der Waals surface area contributed by atoms with Crippen LogP contribution in [-0.2, 0) is 14.6 Å². The quantitative estimate of drug-likeness (QED) is 0.807. The van der Waals surface area contributed by atoms with Gasteiger partial charge in [0.1, 0.15) is 0 Å². The van der Waals surface area contributed by atoms with Gasteiger partial charge in [-0.1, -0.05) is 6.92 Å². The van der Waals surface area contributed by atoms with Crippen LogP contribution in [0.15, 0.2) is 24.3 Å². The predicted octanol–water partition coefficient (Wildman–Crippen LogP) is 2.49. The maximum Gasteiger partial charge on any atom is 0.411 e. The lowest BCUT2D eigenvalue weighted by Crippen LogP contribution is -2.26. The molecule has 1 rings (SSSR count). The van der Waals surface area contributed by atoms with Crippen LogP contribution in [0, 0.1) is 0 Å². The molecule has 0 spiro atoms. The van der Waals surface area contributed by atoms with Crippen molar-refractivity contribution >= 4 is 27.3 Å². The third kappa shape index (κ3) is 6.48. The van der Waals surface area contributed by atoms with Gasteiger partial charge in [0, 0.05) is 23.2 Å². The number of carbonyl (C=O) groups excluding carboxylic acids is 1. The lowest BCUT2D eigenvalue weighted by molar-refractivity contribution is 0.168. The van der Waals surface area contributed by atoms with Gasteiger partial charge in [0.2, 0.25) is 0 Å². The zero-order valence-corrected chi connectivity index (χ0v) is 13.4. The molecule has 21 heavy (non-hydrogen) atoms. The summed E-state index contributed by atoms with van der Waals surface area (Å²) in [6.07, 6.45) is -0.499. The molecule has 0 saturated carbocycles. The average Bonchev–Trinajstić information content (AvgIpc) is 2.40. The van der Waals surface area contributed by atoms with E-state index < -0.39 is 15.9 Å². The van der Waals surface area contributed by atoms with E-state index in [0.717, 1.165) is 5.69 Å². The molecule has 1 unspecified atom stereocenters. The van der Waals surface area contributed by atoms with E-state index in [4.69, 9.17) is 4.74 Å². The molecule has 6 nitrogen and oxygen atoms in total. The molecule has 0 aliphatic heterocycles. The second-order valence-corrected chi connectivity index (χ2v) is 7.06. The number of hydrogen-bond acceptors (Lipinski definition) is 5. The first kappa shape index (κ1) is 17.3. The first-order valence-electron chi connectivity index (χ1n) is 6.87. The number of carbonyl (C=O) groups is 1. The van der Waals surface area contributed by atoms with E-state index in [1.165, 1.54) is 0 Å². The van der Waals surface area contributed by atoms with Gasteiger partial charge in [-0.25, -0.2) is 13.2 Å². The van der Waals surface area contributed by atoms with E-state index >= 15 is 0 Å². The van der Waals surface area contributed by atoms with Crippen molar-refractivity contribution in [3.63, 3.8) is 0 Å². The van der Waals surface area contributed by atoms with Gasteiger partial charge >= 0.3 is 6.09 Å². The SMILES string of the molecule is CCOC(=O)Nc1ccc(NC(C)CS(=O)(=O)CC)cc1. The number of anilines is 2. The summed E-state index contributed by atoms with van der Waals surface area (Å²) in [6, 6.07) is 6.81. The molecule has 2 N–H and O–H groups in total. The van der Waals surface area contributed by atoms with E-state index in [9.17, 15) is 13.2 Å². The average molecular weight is 314 g/mol. The van der Waals surface area contributed by atoms with E-state index in [-0.39, 0.29) is 17.5 Å². The normalized spacial score (nSPS) is 12.5. The Labute approximate surface area is 125 Å². The maximum absolute atomic E-state index is 11.5. The molecule has 0 aliphatic carbocycles. The van der Waals surface area contributed by atoms with Gasteiger partial charge < -0.3 is 10.1 Å². The standard InChI is InChI=1S/C14H22N2O4S/c1-4-20-14(17)16-13-8-6-12(7-9-13)15-11(3)10-21(18,19)5-2/h6-9,11,15H,4-5,10H2,1-3H3,(H,16,17). The van der Waals surface area contributed by atoms with Gasteiger partial charge in [-0.2, -0.15) is 0 Å². The van der Waals surface area contributed by atoms with Gasteiger partial charge in [0.05, 0.1) is 12.4 Å². The molecule has 1 atom stereocenters. The minimum Gasteiger partial charge on any atom is -0.450 e. The van der Waals surface area contributed by atoms with Crippen molar-refractivity contribution in [2.75, 3.05) is 28.7 Å². The zero-order chi connectivity index (χ0) is 15.9. The Bertz CT molecular complexity index is 555. The molecular formula is C14H22N2O4S. The topological polar surface area (TPSA) is 84.5 Å². The Morgan fingerprint density at radius 3 is 2.29 bits per heavy atom. The van der Waals surface area contributed by atoms with E-state index in [1.54, 1.807) is 38.1 Å². The molecule has 0 aromatic heterocycles. The highest BCUT2D eigenvalue weighted by Gasteiger charge is 2.13. The summed E-state index contributed by atoms with van der Waals surface area (Å²) in [7, 11) is -3.01. The fourth-order valence-electron chi connectivity index (χ4n) is 1.76. The molecule has 118 valence electrons.